The molecule has 164 valence electrons. The fourth-order valence-corrected chi connectivity index (χ4v) is 4.05. The molecular formula is C23H27N3O4S. The molecular weight excluding hydrogens is 414 g/mol. The molecule has 7 nitrogen and oxygen atoms in total. The highest BCUT2D eigenvalue weighted by molar-refractivity contribution is 7.80. The van der Waals surface area contributed by atoms with E-state index in [1.165, 1.54) is 5.56 Å². The lowest BCUT2D eigenvalue weighted by atomic mass is 10.0. The Balaban J connectivity index is 1.26. The Bertz CT molecular complexity index is 907. The van der Waals surface area contributed by atoms with Crippen LogP contribution in [0.2, 0.25) is 0 Å². The van der Waals surface area contributed by atoms with Gasteiger partial charge < -0.3 is 24.8 Å². The van der Waals surface area contributed by atoms with Crippen molar-refractivity contribution in [2.24, 2.45) is 0 Å². The van der Waals surface area contributed by atoms with Crippen LogP contribution in [0.5, 0.6) is 0 Å². The number of benzene rings is 2. The summed E-state index contributed by atoms with van der Waals surface area (Å²) < 4.78 is 17.3. The van der Waals surface area contributed by atoms with Gasteiger partial charge in [-0.15, -0.1) is 0 Å². The van der Waals surface area contributed by atoms with Crippen molar-refractivity contribution in [2.75, 3.05) is 23.8 Å². The molecule has 8 heteroatoms. The minimum Gasteiger partial charge on any atom is -0.441 e. The van der Waals surface area contributed by atoms with E-state index in [4.69, 9.17) is 26.4 Å². The van der Waals surface area contributed by atoms with Crippen molar-refractivity contribution < 1.29 is 19.0 Å². The maximum atomic E-state index is 12.3. The molecule has 1 amide bonds. The molecule has 4 rings (SSSR count). The lowest BCUT2D eigenvalue weighted by Gasteiger charge is -2.20. The molecule has 2 fully saturated rings. The zero-order valence-electron chi connectivity index (χ0n) is 17.5. The van der Waals surface area contributed by atoms with Gasteiger partial charge in [0.1, 0.15) is 12.2 Å². The maximum Gasteiger partial charge on any atom is 0.412 e. The highest BCUT2D eigenvalue weighted by Gasteiger charge is 2.49. The number of fused-ring (bicyclic) bond motifs is 1. The van der Waals surface area contributed by atoms with Crippen molar-refractivity contribution in [1.82, 2.24) is 5.32 Å². The number of hydrogen-bond acceptors (Lipinski definition) is 5. The van der Waals surface area contributed by atoms with Gasteiger partial charge in [0.05, 0.1) is 19.3 Å². The summed E-state index contributed by atoms with van der Waals surface area (Å²) in [6, 6.07) is 17.3. The molecule has 0 saturated carbocycles. The van der Waals surface area contributed by atoms with Crippen molar-refractivity contribution in [3.05, 3.63) is 60.2 Å². The van der Waals surface area contributed by atoms with Gasteiger partial charge in [0.15, 0.2) is 11.2 Å². The smallest absolute Gasteiger partial charge is 0.412 e. The first-order valence-corrected chi connectivity index (χ1v) is 10.8. The Morgan fingerprint density at radius 3 is 2.35 bits per heavy atom. The van der Waals surface area contributed by atoms with Gasteiger partial charge in [0.2, 0.25) is 0 Å². The molecule has 0 unspecified atom stereocenters. The average Bonchev–Trinajstić information content (AvgIpc) is 3.32. The van der Waals surface area contributed by atoms with E-state index in [2.05, 4.69) is 29.8 Å². The Hall–Kier alpha value is -2.68. The molecule has 2 aromatic carbocycles. The number of anilines is 2. The van der Waals surface area contributed by atoms with Gasteiger partial charge >= 0.3 is 6.09 Å². The van der Waals surface area contributed by atoms with Crippen LogP contribution in [0.25, 0.3) is 0 Å². The molecule has 2 saturated heterocycles. The fourth-order valence-electron chi connectivity index (χ4n) is 3.78. The number of thiocarbonyl (C=S) groups is 1. The quantitative estimate of drug-likeness (QED) is 0.608. The monoisotopic (exact) mass is 441 g/mol. The van der Waals surface area contributed by atoms with E-state index in [1.54, 1.807) is 0 Å². The van der Waals surface area contributed by atoms with Crippen molar-refractivity contribution in [1.29, 1.82) is 0 Å². The number of carbonyl (C=O) groups is 1. The Labute approximate surface area is 187 Å². The van der Waals surface area contributed by atoms with Crippen molar-refractivity contribution in [3.8, 4) is 0 Å². The Morgan fingerprint density at radius 2 is 1.65 bits per heavy atom. The second-order valence-electron chi connectivity index (χ2n) is 8.01. The first-order chi connectivity index (χ1) is 15.0. The van der Waals surface area contributed by atoms with E-state index >= 15 is 0 Å². The van der Waals surface area contributed by atoms with Crippen molar-refractivity contribution >= 4 is 34.8 Å². The summed E-state index contributed by atoms with van der Waals surface area (Å²) in [5.41, 5.74) is 2.81. The van der Waals surface area contributed by atoms with Crippen LogP contribution in [0.3, 0.4) is 0 Å². The van der Waals surface area contributed by atoms with Gasteiger partial charge in [0, 0.05) is 11.4 Å². The van der Waals surface area contributed by atoms with Crippen LogP contribution in [-0.2, 0) is 14.2 Å². The van der Waals surface area contributed by atoms with E-state index < -0.39 is 12.2 Å². The van der Waals surface area contributed by atoms with Crippen molar-refractivity contribution in [3.63, 3.8) is 0 Å². The molecule has 2 heterocycles. The van der Waals surface area contributed by atoms with Crippen LogP contribution >= 0.6 is 12.2 Å². The molecule has 3 N–H and O–H groups in total. The molecule has 0 radical (unpaired) electrons. The third-order valence-electron chi connectivity index (χ3n) is 5.44. The largest absolute Gasteiger partial charge is 0.441 e. The Kier molecular flexibility index (Phi) is 6.70. The van der Waals surface area contributed by atoms with Crippen LogP contribution in [0.1, 0.15) is 25.3 Å². The van der Waals surface area contributed by atoms with Crippen LogP contribution < -0.4 is 16.0 Å². The third-order valence-corrected chi connectivity index (χ3v) is 5.66. The predicted octanol–water partition coefficient (Wildman–Crippen LogP) is 3.88. The van der Waals surface area contributed by atoms with E-state index in [0.29, 0.717) is 23.3 Å². The summed E-state index contributed by atoms with van der Waals surface area (Å²) in [5, 5.41) is 9.65. The molecule has 31 heavy (non-hydrogen) atoms. The van der Waals surface area contributed by atoms with Gasteiger partial charge in [-0.25, -0.2) is 4.79 Å². The zero-order valence-corrected chi connectivity index (χ0v) is 18.4. The molecule has 2 aliphatic rings. The average molecular weight is 442 g/mol. The summed E-state index contributed by atoms with van der Waals surface area (Å²) >= 11 is 5.40. The van der Waals surface area contributed by atoms with Crippen LogP contribution in [0.4, 0.5) is 16.2 Å². The SMILES string of the molecule is CC(C)c1ccc(NC(=O)O[C@H]2CO[C@@H]3[C@@H]2OC[C@@H]3NC(=S)Nc2ccccc2)cc1. The lowest BCUT2D eigenvalue weighted by Crippen LogP contribution is -2.46. The van der Waals surface area contributed by atoms with Gasteiger partial charge in [-0.2, -0.15) is 0 Å². The summed E-state index contributed by atoms with van der Waals surface area (Å²) in [6.07, 6.45) is -1.56. The predicted molar refractivity (Wildman–Crippen MR) is 123 cm³/mol. The van der Waals surface area contributed by atoms with Gasteiger partial charge in [-0.05, 0) is 48.0 Å². The fraction of sp³-hybridized carbons (Fsp3) is 0.391. The van der Waals surface area contributed by atoms with E-state index in [0.717, 1.165) is 5.69 Å². The number of carbonyl (C=O) groups excluding carboxylic acids is 1. The van der Waals surface area contributed by atoms with Crippen molar-refractivity contribution in [2.45, 2.75) is 44.1 Å². The summed E-state index contributed by atoms with van der Waals surface area (Å²) in [6.45, 7) is 4.96. The minimum absolute atomic E-state index is 0.117. The molecule has 0 aromatic heterocycles. The van der Waals surface area contributed by atoms with E-state index in [1.807, 2.05) is 54.6 Å². The molecule has 4 atom stereocenters. The highest BCUT2D eigenvalue weighted by Crippen LogP contribution is 2.29. The topological polar surface area (TPSA) is 80.9 Å². The summed E-state index contributed by atoms with van der Waals surface area (Å²) in [7, 11) is 0. The van der Waals surface area contributed by atoms with Gasteiger partial charge in [0.25, 0.3) is 0 Å². The molecule has 0 aliphatic carbocycles. The van der Waals surface area contributed by atoms with Crippen LogP contribution in [-0.4, -0.2) is 48.8 Å². The zero-order chi connectivity index (χ0) is 21.8. The lowest BCUT2D eigenvalue weighted by molar-refractivity contribution is 0.00880. The second-order valence-corrected chi connectivity index (χ2v) is 8.42. The molecule has 0 bridgehead atoms. The Morgan fingerprint density at radius 1 is 0.968 bits per heavy atom. The van der Waals surface area contributed by atoms with Gasteiger partial charge in [-0.3, -0.25) is 5.32 Å². The summed E-state index contributed by atoms with van der Waals surface area (Å²) in [4.78, 5) is 12.3. The molecule has 2 aliphatic heterocycles. The van der Waals surface area contributed by atoms with Gasteiger partial charge in [-0.1, -0.05) is 44.2 Å². The normalized spacial score (nSPS) is 24.5. The number of hydrogen-bond donors (Lipinski definition) is 3. The number of rotatable bonds is 5. The molecule has 0 spiro atoms. The molecule has 2 aromatic rings. The van der Waals surface area contributed by atoms with Crippen LogP contribution in [0, 0.1) is 0 Å². The second kappa shape index (κ2) is 9.64. The first kappa shape index (κ1) is 21.5. The maximum absolute atomic E-state index is 12.3. The minimum atomic E-state index is -0.521. The number of nitrogens with one attached hydrogen (secondary N) is 3. The van der Waals surface area contributed by atoms with E-state index in [9.17, 15) is 4.79 Å². The number of para-hydroxylation sites is 1. The number of ether oxygens (including phenoxy) is 3. The third kappa shape index (κ3) is 5.33. The first-order valence-electron chi connectivity index (χ1n) is 10.4. The highest BCUT2D eigenvalue weighted by atomic mass is 32.1. The van der Waals surface area contributed by atoms with Crippen LogP contribution in [0.15, 0.2) is 54.6 Å². The standard InChI is InChI=1S/C23H27N3O4S/c1-14(2)15-8-10-17(11-9-15)25-23(27)30-19-13-29-20-18(12-28-21(19)20)26-22(31)24-16-6-4-3-5-7-16/h3-11,14,18-21H,12-13H2,1-2H3,(H,25,27)(H2,24,26,31)/t18-,19-,20-,21+/m0/s1. The van der Waals surface area contributed by atoms with E-state index in [-0.39, 0.29) is 24.9 Å². The number of amides is 1. The summed E-state index contributed by atoms with van der Waals surface area (Å²) in [5.74, 6) is 0.436.